The van der Waals surface area contributed by atoms with Crippen molar-refractivity contribution in [3.05, 3.63) is 0 Å². The molecule has 0 spiro atoms. The lowest BCUT2D eigenvalue weighted by Crippen LogP contribution is -2.48. The first-order valence-electron chi connectivity index (χ1n) is 6.15. The van der Waals surface area contributed by atoms with Crippen LogP contribution in [0.1, 0.15) is 27.2 Å². The molecule has 0 amide bonds. The number of hydrogen-bond acceptors (Lipinski definition) is 3. The van der Waals surface area contributed by atoms with E-state index in [2.05, 4.69) is 25.7 Å². The predicted octanol–water partition coefficient (Wildman–Crippen LogP) is 1.33. The van der Waals surface area contributed by atoms with Crippen molar-refractivity contribution < 1.29 is 4.74 Å². The van der Waals surface area contributed by atoms with Crippen molar-refractivity contribution in [1.82, 2.24) is 4.90 Å². The molecule has 0 radical (unpaired) electrons. The highest BCUT2D eigenvalue weighted by Crippen LogP contribution is 2.14. The third kappa shape index (κ3) is 4.96. The Hall–Kier alpha value is -0.120. The quantitative estimate of drug-likeness (QED) is 0.702. The van der Waals surface area contributed by atoms with E-state index in [0.29, 0.717) is 17.9 Å². The predicted molar refractivity (Wildman–Crippen MR) is 63.9 cm³/mol. The van der Waals surface area contributed by atoms with E-state index in [1.165, 1.54) is 13.0 Å². The van der Waals surface area contributed by atoms with Crippen molar-refractivity contribution in [3.8, 4) is 0 Å². The monoisotopic (exact) mass is 214 g/mol. The lowest BCUT2D eigenvalue weighted by Gasteiger charge is -2.34. The Morgan fingerprint density at radius 2 is 2.20 bits per heavy atom. The van der Waals surface area contributed by atoms with Crippen LogP contribution >= 0.6 is 0 Å². The maximum atomic E-state index is 6.04. The van der Waals surface area contributed by atoms with Crippen LogP contribution in [-0.4, -0.2) is 43.8 Å². The van der Waals surface area contributed by atoms with Crippen LogP contribution in [0.2, 0.25) is 0 Å². The smallest absolute Gasteiger partial charge is 0.0593 e. The highest BCUT2D eigenvalue weighted by atomic mass is 16.5. The van der Waals surface area contributed by atoms with E-state index in [-0.39, 0.29) is 0 Å². The molecular weight excluding hydrogens is 188 g/mol. The fourth-order valence-electron chi connectivity index (χ4n) is 1.89. The first-order valence-corrected chi connectivity index (χ1v) is 6.15. The van der Waals surface area contributed by atoms with Gasteiger partial charge in [0.15, 0.2) is 0 Å². The highest BCUT2D eigenvalue weighted by Gasteiger charge is 2.22. The molecule has 3 nitrogen and oxygen atoms in total. The Kier molecular flexibility index (Phi) is 5.58. The lowest BCUT2D eigenvalue weighted by atomic mass is 9.94. The van der Waals surface area contributed by atoms with Crippen molar-refractivity contribution in [2.24, 2.45) is 17.6 Å². The molecule has 1 heterocycles. The first kappa shape index (κ1) is 12.9. The van der Waals surface area contributed by atoms with Gasteiger partial charge in [-0.1, -0.05) is 20.8 Å². The van der Waals surface area contributed by atoms with Crippen LogP contribution < -0.4 is 5.73 Å². The van der Waals surface area contributed by atoms with Gasteiger partial charge in [-0.05, 0) is 24.8 Å². The molecule has 1 fully saturated rings. The Bertz CT molecular complexity index is 173. The van der Waals surface area contributed by atoms with Crippen LogP contribution in [0.15, 0.2) is 0 Å². The van der Waals surface area contributed by atoms with Crippen LogP contribution in [-0.2, 0) is 4.74 Å². The maximum Gasteiger partial charge on any atom is 0.0593 e. The van der Waals surface area contributed by atoms with Crippen LogP contribution in [0.5, 0.6) is 0 Å². The number of nitrogens with two attached hydrogens (primary N) is 1. The van der Waals surface area contributed by atoms with Gasteiger partial charge in [0.05, 0.1) is 6.61 Å². The second-order valence-corrected chi connectivity index (χ2v) is 5.20. The first-order chi connectivity index (χ1) is 7.09. The Balaban J connectivity index is 2.07. The summed E-state index contributed by atoms with van der Waals surface area (Å²) < 4.78 is 5.58. The van der Waals surface area contributed by atoms with Gasteiger partial charge >= 0.3 is 0 Å². The highest BCUT2D eigenvalue weighted by molar-refractivity contribution is 4.80. The van der Waals surface area contributed by atoms with Gasteiger partial charge < -0.3 is 10.5 Å². The van der Waals surface area contributed by atoms with Crippen LogP contribution in [0.25, 0.3) is 0 Å². The molecule has 2 unspecified atom stereocenters. The zero-order chi connectivity index (χ0) is 11.3. The molecular formula is C12H26N2O. The normalized spacial score (nSPS) is 28.6. The van der Waals surface area contributed by atoms with Crippen LogP contribution in [0.4, 0.5) is 0 Å². The molecule has 1 saturated heterocycles. The summed E-state index contributed by atoms with van der Waals surface area (Å²) in [6.45, 7) is 11.6. The minimum Gasteiger partial charge on any atom is -0.380 e. The van der Waals surface area contributed by atoms with Crippen molar-refractivity contribution in [2.75, 3.05) is 32.8 Å². The minimum absolute atomic E-state index is 0.351. The summed E-state index contributed by atoms with van der Waals surface area (Å²) in [7, 11) is 0. The Morgan fingerprint density at radius 3 is 2.80 bits per heavy atom. The van der Waals surface area contributed by atoms with E-state index >= 15 is 0 Å². The molecule has 1 aliphatic heterocycles. The fraction of sp³-hybridized carbons (Fsp3) is 1.00. The Morgan fingerprint density at radius 1 is 1.47 bits per heavy atom. The molecule has 0 aliphatic carbocycles. The standard InChI is InChI=1S/C12H26N2O/c1-10(2)9-15-7-6-14-5-4-11(3)12(13)8-14/h10-12H,4-9,13H2,1-3H3. The number of nitrogens with zero attached hydrogens (tertiary/aromatic N) is 1. The average molecular weight is 214 g/mol. The molecule has 0 saturated carbocycles. The molecule has 2 atom stereocenters. The van der Waals surface area contributed by atoms with Gasteiger partial charge in [0.1, 0.15) is 0 Å². The van der Waals surface area contributed by atoms with Gasteiger partial charge in [0, 0.05) is 25.7 Å². The minimum atomic E-state index is 0.351. The van der Waals surface area contributed by atoms with Gasteiger partial charge in [-0.25, -0.2) is 0 Å². The van der Waals surface area contributed by atoms with Gasteiger partial charge in [-0.15, -0.1) is 0 Å². The van der Waals surface area contributed by atoms with E-state index in [1.807, 2.05) is 0 Å². The molecule has 0 aromatic carbocycles. The second kappa shape index (κ2) is 6.46. The van der Waals surface area contributed by atoms with Gasteiger partial charge in [-0.2, -0.15) is 0 Å². The molecule has 2 N–H and O–H groups in total. The van der Waals surface area contributed by atoms with Gasteiger partial charge in [0.25, 0.3) is 0 Å². The van der Waals surface area contributed by atoms with Crippen molar-refractivity contribution in [1.29, 1.82) is 0 Å². The topological polar surface area (TPSA) is 38.5 Å². The summed E-state index contributed by atoms with van der Waals surface area (Å²) >= 11 is 0. The van der Waals surface area contributed by atoms with Crippen molar-refractivity contribution >= 4 is 0 Å². The summed E-state index contributed by atoms with van der Waals surface area (Å²) in [5.41, 5.74) is 6.04. The molecule has 1 aliphatic rings. The molecule has 0 bridgehead atoms. The van der Waals surface area contributed by atoms with E-state index in [9.17, 15) is 0 Å². The van der Waals surface area contributed by atoms with E-state index in [0.717, 1.165) is 26.3 Å². The zero-order valence-corrected chi connectivity index (χ0v) is 10.4. The average Bonchev–Trinajstić information content (AvgIpc) is 2.18. The summed E-state index contributed by atoms with van der Waals surface area (Å²) in [6.07, 6.45) is 1.23. The van der Waals surface area contributed by atoms with Crippen LogP contribution in [0, 0.1) is 11.8 Å². The van der Waals surface area contributed by atoms with E-state index in [1.54, 1.807) is 0 Å². The summed E-state index contributed by atoms with van der Waals surface area (Å²) in [4.78, 5) is 2.42. The maximum absolute atomic E-state index is 6.04. The Labute approximate surface area is 94.0 Å². The molecule has 0 aromatic rings. The fourth-order valence-corrected chi connectivity index (χ4v) is 1.89. The number of likely N-dealkylation sites (tertiary alicyclic amines) is 1. The van der Waals surface area contributed by atoms with Crippen molar-refractivity contribution in [2.45, 2.75) is 33.2 Å². The third-order valence-electron chi connectivity index (χ3n) is 3.10. The number of rotatable bonds is 5. The zero-order valence-electron chi connectivity index (χ0n) is 10.4. The SMILES string of the molecule is CC(C)COCCN1CCC(C)C(N)C1. The van der Waals surface area contributed by atoms with E-state index < -0.39 is 0 Å². The van der Waals surface area contributed by atoms with Crippen LogP contribution in [0.3, 0.4) is 0 Å². The summed E-state index contributed by atoms with van der Waals surface area (Å²) in [6, 6.07) is 0.351. The van der Waals surface area contributed by atoms with Gasteiger partial charge in [-0.3, -0.25) is 4.90 Å². The second-order valence-electron chi connectivity index (χ2n) is 5.20. The molecule has 0 aromatic heterocycles. The number of hydrogen-bond donors (Lipinski definition) is 1. The molecule has 90 valence electrons. The van der Waals surface area contributed by atoms with E-state index in [4.69, 9.17) is 10.5 Å². The molecule has 15 heavy (non-hydrogen) atoms. The van der Waals surface area contributed by atoms with Gasteiger partial charge in [0.2, 0.25) is 0 Å². The third-order valence-corrected chi connectivity index (χ3v) is 3.10. The van der Waals surface area contributed by atoms with Crippen molar-refractivity contribution in [3.63, 3.8) is 0 Å². The number of ether oxygens (including phenoxy) is 1. The molecule has 3 heteroatoms. The molecule has 1 rings (SSSR count). The lowest BCUT2D eigenvalue weighted by molar-refractivity contribution is 0.0708. The number of piperidine rings is 1. The summed E-state index contributed by atoms with van der Waals surface area (Å²) in [5.74, 6) is 1.31. The largest absolute Gasteiger partial charge is 0.380 e. The summed E-state index contributed by atoms with van der Waals surface area (Å²) in [5, 5.41) is 0.